The molecular formula is C52H100O12S. The molecule has 0 aromatic rings. The summed E-state index contributed by atoms with van der Waals surface area (Å²) in [6.45, 7) is 3.82. The van der Waals surface area contributed by atoms with Gasteiger partial charge in [0.25, 0.3) is 10.1 Å². The summed E-state index contributed by atoms with van der Waals surface area (Å²) in [4.78, 5) is 25.6. The number of hydrogen-bond acceptors (Lipinski definition) is 11. The van der Waals surface area contributed by atoms with E-state index >= 15 is 0 Å². The smallest absolute Gasteiger partial charge is 0.306 e. The van der Waals surface area contributed by atoms with E-state index in [-0.39, 0.29) is 19.4 Å². The Labute approximate surface area is 397 Å². The number of hydrogen-bond donors (Lipinski definition) is 4. The van der Waals surface area contributed by atoms with E-state index in [1.54, 1.807) is 0 Å². The maximum atomic E-state index is 12.9. The van der Waals surface area contributed by atoms with Gasteiger partial charge < -0.3 is 34.3 Å². The third-order valence-corrected chi connectivity index (χ3v) is 13.7. The summed E-state index contributed by atoms with van der Waals surface area (Å²) in [6, 6.07) is 0. The summed E-state index contributed by atoms with van der Waals surface area (Å²) in [5.41, 5.74) is 0. The average Bonchev–Trinajstić information content (AvgIpc) is 3.27. The molecule has 0 bridgehead atoms. The summed E-state index contributed by atoms with van der Waals surface area (Å²) in [7, 11) is -4.60. The molecule has 6 atom stereocenters. The van der Waals surface area contributed by atoms with Crippen molar-refractivity contribution in [3.63, 3.8) is 0 Å². The molecule has 12 nitrogen and oxygen atoms in total. The fraction of sp³-hybridized carbons (Fsp3) is 0.962. The number of esters is 2. The van der Waals surface area contributed by atoms with E-state index in [1.807, 2.05) is 0 Å². The van der Waals surface area contributed by atoms with Crippen molar-refractivity contribution in [2.75, 3.05) is 19.0 Å². The molecule has 65 heavy (non-hydrogen) atoms. The summed E-state index contributed by atoms with van der Waals surface area (Å²) < 4.78 is 54.3. The third kappa shape index (κ3) is 37.3. The predicted molar refractivity (Wildman–Crippen MR) is 261 cm³/mol. The largest absolute Gasteiger partial charge is 0.462 e. The fourth-order valence-corrected chi connectivity index (χ4v) is 9.43. The number of carbonyl (C=O) groups is 2. The fourth-order valence-electron chi connectivity index (χ4n) is 8.74. The number of rotatable bonds is 47. The van der Waals surface area contributed by atoms with Crippen LogP contribution in [-0.2, 0) is 38.7 Å². The van der Waals surface area contributed by atoms with Crippen LogP contribution in [0.5, 0.6) is 0 Å². The minimum Gasteiger partial charge on any atom is -0.462 e. The highest BCUT2D eigenvalue weighted by Crippen LogP contribution is 2.24. The lowest BCUT2D eigenvalue weighted by atomic mass is 10.00. The van der Waals surface area contributed by atoms with Crippen molar-refractivity contribution in [2.24, 2.45) is 0 Å². The minimum atomic E-state index is -4.60. The molecule has 1 aliphatic heterocycles. The Balaban J connectivity index is 2.33. The van der Waals surface area contributed by atoms with Gasteiger partial charge in [-0.1, -0.05) is 239 Å². The Kier molecular flexibility index (Phi) is 40.5. The zero-order valence-corrected chi connectivity index (χ0v) is 42.4. The Morgan fingerprint density at radius 1 is 0.462 bits per heavy atom. The van der Waals surface area contributed by atoms with E-state index in [0.29, 0.717) is 12.8 Å². The highest BCUT2D eigenvalue weighted by Gasteiger charge is 2.46. The molecule has 0 amide bonds. The Bertz CT molecular complexity index is 1200. The molecule has 1 fully saturated rings. The maximum Gasteiger partial charge on any atom is 0.306 e. The highest BCUT2D eigenvalue weighted by molar-refractivity contribution is 7.85. The zero-order valence-electron chi connectivity index (χ0n) is 41.6. The van der Waals surface area contributed by atoms with Gasteiger partial charge in [-0.05, 0) is 12.8 Å². The number of carbonyl (C=O) groups excluding carboxylic acids is 2. The first-order chi connectivity index (χ1) is 31.5. The molecular weight excluding hydrogens is 849 g/mol. The molecule has 0 radical (unpaired) electrons. The van der Waals surface area contributed by atoms with E-state index in [9.17, 15) is 37.9 Å². The van der Waals surface area contributed by atoms with Crippen molar-refractivity contribution >= 4 is 22.1 Å². The lowest BCUT2D eigenvalue weighted by molar-refractivity contribution is -0.297. The van der Waals surface area contributed by atoms with Gasteiger partial charge in [-0.25, -0.2) is 0 Å². The van der Waals surface area contributed by atoms with Gasteiger partial charge >= 0.3 is 11.9 Å². The molecule has 2 unspecified atom stereocenters. The number of aliphatic hydroxyl groups is 3. The van der Waals surface area contributed by atoms with Crippen LogP contribution in [0.3, 0.4) is 0 Å². The number of aliphatic hydroxyl groups excluding tert-OH is 3. The molecule has 0 spiro atoms. The van der Waals surface area contributed by atoms with Gasteiger partial charge in [0.1, 0.15) is 36.8 Å². The standard InChI is InChI=1S/C52H100O12S/c1-3-5-7-9-11-13-15-17-19-21-22-23-25-27-29-31-33-35-37-39-41-48(54)63-45(43-62-52-51(57)50(56)49(55)46(64-52)44-65(58,59)60)42-61-47(53)40-38-36-34-32-30-28-26-24-20-18-16-14-12-10-8-6-4-2/h45-46,49-52,55-57H,3-44H2,1-2H3,(H,58,59,60)/t45-,46-,49-,50?,51?,52+/m1/s1. The van der Waals surface area contributed by atoms with Gasteiger partial charge in [0.2, 0.25) is 0 Å². The van der Waals surface area contributed by atoms with Crippen LogP contribution in [0.25, 0.3) is 0 Å². The van der Waals surface area contributed by atoms with E-state index in [1.165, 1.54) is 186 Å². The first-order valence-corrected chi connectivity index (χ1v) is 28.7. The summed E-state index contributed by atoms with van der Waals surface area (Å²) in [6.07, 6.45) is 37.1. The first kappa shape index (κ1) is 61.7. The van der Waals surface area contributed by atoms with Crippen molar-refractivity contribution in [1.82, 2.24) is 0 Å². The molecule has 386 valence electrons. The van der Waals surface area contributed by atoms with Gasteiger partial charge in [-0.2, -0.15) is 8.42 Å². The van der Waals surface area contributed by atoms with Gasteiger partial charge in [0, 0.05) is 12.8 Å². The Hall–Kier alpha value is -1.35. The molecule has 1 heterocycles. The van der Waals surface area contributed by atoms with Crippen molar-refractivity contribution in [3.8, 4) is 0 Å². The predicted octanol–water partition coefficient (Wildman–Crippen LogP) is 12.4. The molecule has 4 N–H and O–H groups in total. The van der Waals surface area contributed by atoms with Crippen molar-refractivity contribution in [1.29, 1.82) is 0 Å². The topological polar surface area (TPSA) is 186 Å². The molecule has 0 aromatic heterocycles. The quantitative estimate of drug-likeness (QED) is 0.0257. The second kappa shape index (κ2) is 42.7. The molecule has 13 heteroatoms. The van der Waals surface area contributed by atoms with E-state index in [4.69, 9.17) is 18.9 Å². The Morgan fingerprint density at radius 2 is 0.785 bits per heavy atom. The summed E-state index contributed by atoms with van der Waals surface area (Å²) >= 11 is 0. The van der Waals surface area contributed by atoms with Gasteiger partial charge in [0.15, 0.2) is 12.4 Å². The van der Waals surface area contributed by atoms with E-state index in [0.717, 1.165) is 38.5 Å². The second-order valence-electron chi connectivity index (χ2n) is 19.3. The van der Waals surface area contributed by atoms with Crippen LogP contribution < -0.4 is 0 Å². The highest BCUT2D eigenvalue weighted by atomic mass is 32.2. The Morgan fingerprint density at radius 3 is 1.12 bits per heavy atom. The van der Waals surface area contributed by atoms with Crippen molar-refractivity contribution in [2.45, 2.75) is 301 Å². The molecule has 1 aliphatic rings. The van der Waals surface area contributed by atoms with Crippen LogP contribution in [0.15, 0.2) is 0 Å². The second-order valence-corrected chi connectivity index (χ2v) is 20.8. The lowest BCUT2D eigenvalue weighted by Crippen LogP contribution is -2.60. The van der Waals surface area contributed by atoms with Crippen LogP contribution in [0.1, 0.15) is 264 Å². The SMILES string of the molecule is CCCCCCCCCCCCCCCCCCCCCCC(=O)O[C@H](COC(=O)CCCCCCCCCCCCCCCCCCC)CO[C@H]1O[C@H](CS(=O)(=O)O)[C@@H](O)C(O)C1O. The van der Waals surface area contributed by atoms with Gasteiger partial charge in [-0.3, -0.25) is 14.1 Å². The molecule has 1 rings (SSSR count). The van der Waals surface area contributed by atoms with Crippen molar-refractivity contribution < 1.29 is 56.8 Å². The summed E-state index contributed by atoms with van der Waals surface area (Å²) in [5.74, 6) is -1.95. The van der Waals surface area contributed by atoms with Crippen LogP contribution >= 0.6 is 0 Å². The lowest BCUT2D eigenvalue weighted by Gasteiger charge is -2.40. The minimum absolute atomic E-state index is 0.173. The summed E-state index contributed by atoms with van der Waals surface area (Å²) in [5, 5.41) is 31.0. The van der Waals surface area contributed by atoms with E-state index in [2.05, 4.69) is 13.8 Å². The number of ether oxygens (including phenoxy) is 4. The maximum absolute atomic E-state index is 12.9. The van der Waals surface area contributed by atoms with Crippen LogP contribution in [0.2, 0.25) is 0 Å². The monoisotopic (exact) mass is 949 g/mol. The van der Waals surface area contributed by atoms with Gasteiger partial charge in [-0.15, -0.1) is 0 Å². The first-order valence-electron chi connectivity index (χ1n) is 27.1. The zero-order chi connectivity index (χ0) is 47.6. The van der Waals surface area contributed by atoms with Crippen LogP contribution in [-0.4, -0.2) is 96.0 Å². The molecule has 0 aliphatic carbocycles. The number of unbranched alkanes of at least 4 members (excludes halogenated alkanes) is 35. The van der Waals surface area contributed by atoms with Crippen LogP contribution in [0.4, 0.5) is 0 Å². The molecule has 1 saturated heterocycles. The van der Waals surface area contributed by atoms with Crippen LogP contribution in [0, 0.1) is 0 Å². The average molecular weight is 949 g/mol. The molecule has 0 aromatic carbocycles. The molecule has 0 saturated carbocycles. The van der Waals surface area contributed by atoms with Crippen molar-refractivity contribution in [3.05, 3.63) is 0 Å². The normalized spacial score (nSPS) is 19.4. The third-order valence-electron chi connectivity index (χ3n) is 12.9. The van der Waals surface area contributed by atoms with E-state index < -0.39 is 71.2 Å². The van der Waals surface area contributed by atoms with Gasteiger partial charge in [0.05, 0.1) is 6.61 Å².